The molecule has 0 unspecified atom stereocenters. The van der Waals surface area contributed by atoms with Gasteiger partial charge in [-0.3, -0.25) is 4.79 Å². The molecule has 0 bridgehead atoms. The largest absolute Gasteiger partial charge is 0.376 e. The van der Waals surface area contributed by atoms with Crippen LogP contribution in [0.25, 0.3) is 10.8 Å². The van der Waals surface area contributed by atoms with Crippen molar-refractivity contribution < 1.29 is 9.53 Å². The molecule has 3 heteroatoms. The summed E-state index contributed by atoms with van der Waals surface area (Å²) < 4.78 is 5.62. The zero-order valence-corrected chi connectivity index (χ0v) is 11.6. The number of carbonyl (C=O) groups is 1. The maximum Gasteiger partial charge on any atom is 0.252 e. The summed E-state index contributed by atoms with van der Waals surface area (Å²) in [7, 11) is 0. The van der Waals surface area contributed by atoms with Crippen molar-refractivity contribution in [3.63, 3.8) is 0 Å². The molecule has 20 heavy (non-hydrogen) atoms. The summed E-state index contributed by atoms with van der Waals surface area (Å²) in [5.74, 6) is -0.0233. The zero-order chi connectivity index (χ0) is 13.9. The highest BCUT2D eigenvalue weighted by molar-refractivity contribution is 6.07. The molecule has 3 nitrogen and oxygen atoms in total. The smallest absolute Gasteiger partial charge is 0.252 e. The molecule has 1 saturated heterocycles. The average Bonchev–Trinajstić information content (AvgIpc) is 3.01. The molecule has 1 aliphatic rings. The summed E-state index contributed by atoms with van der Waals surface area (Å²) in [4.78, 5) is 12.5. The van der Waals surface area contributed by atoms with Gasteiger partial charge in [-0.05, 0) is 36.6 Å². The van der Waals surface area contributed by atoms with Gasteiger partial charge in [-0.2, -0.15) is 0 Å². The fourth-order valence-corrected chi connectivity index (χ4v) is 2.80. The highest BCUT2D eigenvalue weighted by Gasteiger charge is 2.24. The van der Waals surface area contributed by atoms with Gasteiger partial charge < -0.3 is 10.1 Å². The first-order chi connectivity index (χ1) is 9.75. The van der Waals surface area contributed by atoms with E-state index >= 15 is 0 Å². The van der Waals surface area contributed by atoms with Gasteiger partial charge in [-0.1, -0.05) is 36.4 Å². The van der Waals surface area contributed by atoms with Crippen LogP contribution in [0.3, 0.4) is 0 Å². The Balaban J connectivity index is 1.81. The molecule has 1 heterocycles. The summed E-state index contributed by atoms with van der Waals surface area (Å²) in [6.07, 6.45) is 2.25. The second kappa shape index (κ2) is 5.63. The van der Waals surface area contributed by atoms with Crippen LogP contribution in [-0.4, -0.2) is 24.7 Å². The number of carbonyl (C=O) groups excluding carboxylic acids is 1. The monoisotopic (exact) mass is 269 g/mol. The molecule has 3 rings (SSSR count). The molecule has 0 aliphatic carbocycles. The fraction of sp³-hybridized carbons (Fsp3) is 0.353. The number of benzene rings is 2. The molecule has 0 spiro atoms. The number of hydrogen-bond acceptors (Lipinski definition) is 2. The van der Waals surface area contributed by atoms with Crippen LogP contribution in [-0.2, 0) is 4.74 Å². The molecule has 2 atom stereocenters. The van der Waals surface area contributed by atoms with Crippen molar-refractivity contribution in [1.29, 1.82) is 0 Å². The Morgan fingerprint density at radius 1 is 1.25 bits per heavy atom. The molecule has 1 amide bonds. The minimum atomic E-state index is -0.0233. The molecule has 0 aromatic heterocycles. The van der Waals surface area contributed by atoms with Crippen LogP contribution in [0.2, 0.25) is 0 Å². The van der Waals surface area contributed by atoms with Crippen LogP contribution in [0.4, 0.5) is 0 Å². The summed E-state index contributed by atoms with van der Waals surface area (Å²) in [6.45, 7) is 2.82. The van der Waals surface area contributed by atoms with Crippen LogP contribution in [0, 0.1) is 0 Å². The van der Waals surface area contributed by atoms with Gasteiger partial charge in [0.25, 0.3) is 5.91 Å². The lowest BCUT2D eigenvalue weighted by atomic mass is 10.0. The lowest BCUT2D eigenvalue weighted by molar-refractivity contribution is 0.0713. The van der Waals surface area contributed by atoms with E-state index in [9.17, 15) is 4.79 Å². The molecular weight excluding hydrogens is 250 g/mol. The van der Waals surface area contributed by atoms with E-state index in [1.165, 1.54) is 0 Å². The predicted molar refractivity (Wildman–Crippen MR) is 79.9 cm³/mol. The van der Waals surface area contributed by atoms with E-state index in [1.807, 2.05) is 49.4 Å². The quantitative estimate of drug-likeness (QED) is 0.929. The Bertz CT molecular complexity index is 612. The molecule has 2 aromatic rings. The van der Waals surface area contributed by atoms with Gasteiger partial charge in [-0.15, -0.1) is 0 Å². The SMILES string of the molecule is C[C@@H](NC(=O)c1cccc2ccccc12)[C@@H]1CCCO1. The maximum absolute atomic E-state index is 12.5. The van der Waals surface area contributed by atoms with Crippen molar-refractivity contribution in [1.82, 2.24) is 5.32 Å². The number of nitrogens with one attached hydrogen (secondary N) is 1. The van der Waals surface area contributed by atoms with Gasteiger partial charge >= 0.3 is 0 Å². The highest BCUT2D eigenvalue weighted by atomic mass is 16.5. The summed E-state index contributed by atoms with van der Waals surface area (Å²) in [5.41, 5.74) is 0.730. The third-order valence-corrected chi connectivity index (χ3v) is 3.92. The topological polar surface area (TPSA) is 38.3 Å². The Kier molecular flexibility index (Phi) is 3.70. The zero-order valence-electron chi connectivity index (χ0n) is 11.6. The van der Waals surface area contributed by atoms with Gasteiger partial charge in [-0.25, -0.2) is 0 Å². The Hall–Kier alpha value is -1.87. The van der Waals surface area contributed by atoms with Gasteiger partial charge in [0.2, 0.25) is 0 Å². The van der Waals surface area contributed by atoms with E-state index in [0.29, 0.717) is 0 Å². The molecule has 1 fully saturated rings. The molecule has 2 aromatic carbocycles. The van der Waals surface area contributed by atoms with E-state index < -0.39 is 0 Å². The minimum Gasteiger partial charge on any atom is -0.376 e. The number of ether oxygens (including phenoxy) is 1. The third-order valence-electron chi connectivity index (χ3n) is 3.92. The first-order valence-electron chi connectivity index (χ1n) is 7.16. The van der Waals surface area contributed by atoms with Crippen molar-refractivity contribution in [2.24, 2.45) is 0 Å². The van der Waals surface area contributed by atoms with Crippen LogP contribution in [0.5, 0.6) is 0 Å². The average molecular weight is 269 g/mol. The second-order valence-electron chi connectivity index (χ2n) is 5.34. The van der Waals surface area contributed by atoms with Gasteiger partial charge in [0.1, 0.15) is 0 Å². The van der Waals surface area contributed by atoms with Crippen molar-refractivity contribution >= 4 is 16.7 Å². The number of rotatable bonds is 3. The Morgan fingerprint density at radius 3 is 2.85 bits per heavy atom. The van der Waals surface area contributed by atoms with E-state index in [2.05, 4.69) is 5.32 Å². The van der Waals surface area contributed by atoms with Crippen LogP contribution in [0.15, 0.2) is 42.5 Å². The van der Waals surface area contributed by atoms with E-state index in [4.69, 9.17) is 4.74 Å². The highest BCUT2D eigenvalue weighted by Crippen LogP contribution is 2.20. The second-order valence-corrected chi connectivity index (χ2v) is 5.34. The Morgan fingerprint density at radius 2 is 2.05 bits per heavy atom. The molecule has 0 saturated carbocycles. The van der Waals surface area contributed by atoms with E-state index in [-0.39, 0.29) is 18.1 Å². The lowest BCUT2D eigenvalue weighted by Gasteiger charge is -2.20. The van der Waals surface area contributed by atoms with Gasteiger partial charge in [0.15, 0.2) is 0 Å². The molecule has 0 radical (unpaired) electrons. The molecular formula is C17H19NO2. The van der Waals surface area contributed by atoms with E-state index in [0.717, 1.165) is 35.8 Å². The normalized spacial score (nSPS) is 19.9. The van der Waals surface area contributed by atoms with Gasteiger partial charge in [0.05, 0.1) is 12.1 Å². The number of amides is 1. The van der Waals surface area contributed by atoms with Crippen molar-refractivity contribution in [3.05, 3.63) is 48.0 Å². The van der Waals surface area contributed by atoms with Crippen LogP contribution >= 0.6 is 0 Å². The van der Waals surface area contributed by atoms with E-state index in [1.54, 1.807) is 0 Å². The molecule has 104 valence electrons. The lowest BCUT2D eigenvalue weighted by Crippen LogP contribution is -2.40. The fourth-order valence-electron chi connectivity index (χ4n) is 2.80. The van der Waals surface area contributed by atoms with Gasteiger partial charge in [0, 0.05) is 12.2 Å². The number of fused-ring (bicyclic) bond motifs is 1. The first-order valence-corrected chi connectivity index (χ1v) is 7.16. The first kappa shape index (κ1) is 13.1. The summed E-state index contributed by atoms with van der Waals surface area (Å²) in [6, 6.07) is 13.8. The standard InChI is InChI=1S/C17H19NO2/c1-12(16-10-5-11-20-16)18-17(19)15-9-4-7-13-6-2-3-8-14(13)15/h2-4,6-9,12,16H,5,10-11H2,1H3,(H,18,19)/t12-,16+/m1/s1. The van der Waals surface area contributed by atoms with Crippen molar-refractivity contribution in [2.45, 2.75) is 31.9 Å². The summed E-state index contributed by atoms with van der Waals surface area (Å²) >= 11 is 0. The summed E-state index contributed by atoms with van der Waals surface area (Å²) in [5, 5.41) is 5.15. The van der Waals surface area contributed by atoms with Crippen LogP contribution < -0.4 is 5.32 Å². The molecule has 1 N–H and O–H groups in total. The molecule has 1 aliphatic heterocycles. The van der Waals surface area contributed by atoms with Crippen molar-refractivity contribution in [2.75, 3.05) is 6.61 Å². The third kappa shape index (κ3) is 2.54. The van der Waals surface area contributed by atoms with Crippen molar-refractivity contribution in [3.8, 4) is 0 Å². The predicted octanol–water partition coefficient (Wildman–Crippen LogP) is 3.14. The Labute approximate surface area is 118 Å². The maximum atomic E-state index is 12.5. The number of hydrogen-bond donors (Lipinski definition) is 1. The minimum absolute atomic E-state index is 0.0233. The van der Waals surface area contributed by atoms with Crippen LogP contribution in [0.1, 0.15) is 30.1 Å².